The minimum Gasteiger partial charge on any atom is -0.363 e. The van der Waals surface area contributed by atoms with Crippen molar-refractivity contribution in [2.45, 2.75) is 19.8 Å². The molecular weight excluding hydrogens is 342 g/mol. The molecule has 0 aliphatic carbocycles. The second-order valence-electron chi connectivity index (χ2n) is 7.37. The lowest BCUT2D eigenvalue weighted by Crippen LogP contribution is -2.50. The van der Waals surface area contributed by atoms with Gasteiger partial charge in [0.15, 0.2) is 0 Å². The van der Waals surface area contributed by atoms with Crippen LogP contribution in [0.4, 0.5) is 11.6 Å². The molecule has 1 aliphatic rings. The van der Waals surface area contributed by atoms with Crippen LogP contribution < -0.4 is 10.2 Å². The predicted molar refractivity (Wildman–Crippen MR) is 105 cm³/mol. The highest BCUT2D eigenvalue weighted by Crippen LogP contribution is 2.31. The molecule has 142 valence electrons. The molecule has 0 bridgehead atoms. The topological polar surface area (TPSA) is 78.4 Å². The fourth-order valence-corrected chi connectivity index (χ4v) is 3.29. The lowest BCUT2D eigenvalue weighted by molar-refractivity contribution is -0.127. The maximum Gasteiger partial charge on any atom is 0.253 e. The highest BCUT2D eigenvalue weighted by atomic mass is 16.2. The first-order chi connectivity index (χ1) is 12.9. The lowest BCUT2D eigenvalue weighted by Gasteiger charge is -2.39. The van der Waals surface area contributed by atoms with Crippen molar-refractivity contribution >= 4 is 23.5 Å². The molecule has 27 heavy (non-hydrogen) atoms. The van der Waals surface area contributed by atoms with Crippen LogP contribution in [0, 0.1) is 5.41 Å². The van der Waals surface area contributed by atoms with Gasteiger partial charge in [0.1, 0.15) is 18.0 Å². The minimum absolute atomic E-state index is 0.0359. The number of anilines is 2. The van der Waals surface area contributed by atoms with Gasteiger partial charge in [-0.1, -0.05) is 18.2 Å². The van der Waals surface area contributed by atoms with E-state index in [1.54, 1.807) is 23.1 Å². The van der Waals surface area contributed by atoms with Gasteiger partial charge in [0.25, 0.3) is 5.91 Å². The molecule has 1 fully saturated rings. The predicted octanol–water partition coefficient (Wildman–Crippen LogP) is 2.42. The molecule has 1 aromatic heterocycles. The molecule has 2 amide bonds. The van der Waals surface area contributed by atoms with E-state index in [4.69, 9.17) is 0 Å². The van der Waals surface area contributed by atoms with Crippen LogP contribution in [0.5, 0.6) is 0 Å². The molecule has 0 saturated carbocycles. The number of carbonyl (C=O) groups excluding carboxylic acids is 2. The summed E-state index contributed by atoms with van der Waals surface area (Å²) in [6.07, 6.45) is 2.94. The number of nitrogens with one attached hydrogen (secondary N) is 1. The Balaban J connectivity index is 1.72. The minimum atomic E-state index is -0.661. The first-order valence-corrected chi connectivity index (χ1v) is 9.04. The van der Waals surface area contributed by atoms with E-state index in [0.717, 1.165) is 18.7 Å². The van der Waals surface area contributed by atoms with Crippen LogP contribution in [0.3, 0.4) is 0 Å². The highest BCUT2D eigenvalue weighted by Gasteiger charge is 2.39. The molecule has 0 radical (unpaired) electrons. The Hall–Kier alpha value is -2.96. The standard InChI is InChI=1S/C20H25N5O2/c1-20(19(27)23-16-12-17(24(2)3)22-14-21-16)10-7-11-25(13-20)18(26)15-8-5-4-6-9-15/h4-6,8-9,12,14H,7,10-11,13H2,1-3H3,(H,21,22,23,27). The van der Waals surface area contributed by atoms with Crippen LogP contribution in [0.2, 0.25) is 0 Å². The van der Waals surface area contributed by atoms with Crippen molar-refractivity contribution in [3.8, 4) is 0 Å². The molecule has 1 unspecified atom stereocenters. The number of hydrogen-bond acceptors (Lipinski definition) is 5. The third kappa shape index (κ3) is 4.24. The van der Waals surface area contributed by atoms with Gasteiger partial charge in [0, 0.05) is 38.8 Å². The summed E-state index contributed by atoms with van der Waals surface area (Å²) in [4.78, 5) is 37.6. The van der Waals surface area contributed by atoms with Crippen molar-refractivity contribution < 1.29 is 9.59 Å². The summed E-state index contributed by atoms with van der Waals surface area (Å²) in [5.41, 5.74) is -0.0140. The average Bonchev–Trinajstić information content (AvgIpc) is 2.68. The first kappa shape index (κ1) is 18.8. The molecule has 1 aromatic carbocycles. The van der Waals surface area contributed by atoms with Crippen molar-refractivity contribution in [2.24, 2.45) is 5.41 Å². The zero-order valence-electron chi connectivity index (χ0n) is 16.0. The fraction of sp³-hybridized carbons (Fsp3) is 0.400. The number of nitrogens with zero attached hydrogens (tertiary/aromatic N) is 4. The van der Waals surface area contributed by atoms with E-state index in [2.05, 4.69) is 15.3 Å². The zero-order chi connectivity index (χ0) is 19.4. The number of piperidine rings is 1. The summed E-state index contributed by atoms with van der Waals surface area (Å²) in [7, 11) is 3.76. The Bertz CT molecular complexity index is 824. The number of benzene rings is 1. The maximum atomic E-state index is 13.0. The fourth-order valence-electron chi connectivity index (χ4n) is 3.29. The SMILES string of the molecule is CN(C)c1cc(NC(=O)C2(C)CCCN(C(=O)c3ccccc3)C2)ncn1. The van der Waals surface area contributed by atoms with Crippen LogP contribution in [0.15, 0.2) is 42.7 Å². The second-order valence-corrected chi connectivity index (χ2v) is 7.37. The van der Waals surface area contributed by atoms with Crippen LogP contribution in [-0.4, -0.2) is 53.9 Å². The molecule has 1 N–H and O–H groups in total. The van der Waals surface area contributed by atoms with Crippen LogP contribution in [0.1, 0.15) is 30.1 Å². The molecule has 1 atom stereocenters. The van der Waals surface area contributed by atoms with E-state index >= 15 is 0 Å². The number of carbonyl (C=O) groups is 2. The smallest absolute Gasteiger partial charge is 0.253 e. The van der Waals surface area contributed by atoms with Gasteiger partial charge in [-0.15, -0.1) is 0 Å². The molecule has 7 heteroatoms. The number of hydrogen-bond donors (Lipinski definition) is 1. The number of aromatic nitrogens is 2. The third-order valence-corrected chi connectivity index (χ3v) is 4.90. The van der Waals surface area contributed by atoms with Crippen LogP contribution >= 0.6 is 0 Å². The molecule has 3 rings (SSSR count). The zero-order valence-corrected chi connectivity index (χ0v) is 16.0. The highest BCUT2D eigenvalue weighted by molar-refractivity contribution is 5.97. The summed E-state index contributed by atoms with van der Waals surface area (Å²) in [6.45, 7) is 2.95. The first-order valence-electron chi connectivity index (χ1n) is 9.04. The van der Waals surface area contributed by atoms with Gasteiger partial charge in [0.2, 0.25) is 5.91 Å². The Morgan fingerprint density at radius 1 is 1.19 bits per heavy atom. The van der Waals surface area contributed by atoms with Crippen molar-refractivity contribution in [3.63, 3.8) is 0 Å². The van der Waals surface area contributed by atoms with Gasteiger partial charge >= 0.3 is 0 Å². The number of likely N-dealkylation sites (tertiary alicyclic amines) is 1. The Labute approximate surface area is 159 Å². The van der Waals surface area contributed by atoms with E-state index in [0.29, 0.717) is 24.5 Å². The Morgan fingerprint density at radius 3 is 2.63 bits per heavy atom. The molecular formula is C20H25N5O2. The van der Waals surface area contributed by atoms with Crippen LogP contribution in [0.25, 0.3) is 0 Å². The van der Waals surface area contributed by atoms with Gasteiger partial charge in [-0.2, -0.15) is 0 Å². The van der Waals surface area contributed by atoms with Crippen molar-refractivity contribution in [1.82, 2.24) is 14.9 Å². The second kappa shape index (κ2) is 7.73. The van der Waals surface area contributed by atoms with Gasteiger partial charge in [-0.3, -0.25) is 9.59 Å². The molecule has 7 nitrogen and oxygen atoms in total. The van der Waals surface area contributed by atoms with Crippen molar-refractivity contribution in [3.05, 3.63) is 48.3 Å². The monoisotopic (exact) mass is 367 g/mol. The lowest BCUT2D eigenvalue weighted by atomic mass is 9.80. The summed E-state index contributed by atoms with van der Waals surface area (Å²) in [6, 6.07) is 10.9. The average molecular weight is 367 g/mol. The quantitative estimate of drug-likeness (QED) is 0.898. The van der Waals surface area contributed by atoms with Crippen LogP contribution in [-0.2, 0) is 4.79 Å². The molecule has 2 aromatic rings. The normalized spacial score (nSPS) is 19.4. The number of amides is 2. The number of rotatable bonds is 4. The van der Waals surface area contributed by atoms with Crippen molar-refractivity contribution in [1.29, 1.82) is 0 Å². The largest absolute Gasteiger partial charge is 0.363 e. The van der Waals surface area contributed by atoms with E-state index in [9.17, 15) is 9.59 Å². The molecule has 1 aliphatic heterocycles. The Kier molecular flexibility index (Phi) is 5.39. The van der Waals surface area contributed by atoms with E-state index < -0.39 is 5.41 Å². The maximum absolute atomic E-state index is 13.0. The van der Waals surface area contributed by atoms with Crippen molar-refractivity contribution in [2.75, 3.05) is 37.4 Å². The summed E-state index contributed by atoms with van der Waals surface area (Å²) in [5.74, 6) is 1.02. The van der Waals surface area contributed by atoms with E-state index in [1.807, 2.05) is 44.1 Å². The van der Waals surface area contributed by atoms with Gasteiger partial charge in [-0.05, 0) is 31.9 Å². The van der Waals surface area contributed by atoms with E-state index in [1.165, 1.54) is 6.33 Å². The molecule has 2 heterocycles. The summed E-state index contributed by atoms with van der Waals surface area (Å²) in [5, 5.41) is 2.89. The summed E-state index contributed by atoms with van der Waals surface area (Å²) < 4.78 is 0. The summed E-state index contributed by atoms with van der Waals surface area (Å²) >= 11 is 0. The third-order valence-electron chi connectivity index (χ3n) is 4.90. The molecule has 1 saturated heterocycles. The van der Waals surface area contributed by atoms with Gasteiger partial charge in [-0.25, -0.2) is 9.97 Å². The van der Waals surface area contributed by atoms with Gasteiger partial charge < -0.3 is 15.1 Å². The Morgan fingerprint density at radius 2 is 1.93 bits per heavy atom. The van der Waals surface area contributed by atoms with E-state index in [-0.39, 0.29) is 11.8 Å². The van der Waals surface area contributed by atoms with Gasteiger partial charge in [0.05, 0.1) is 5.41 Å². The molecule has 0 spiro atoms.